The summed E-state index contributed by atoms with van der Waals surface area (Å²) in [5.74, 6) is -0.983. The zero-order valence-electron chi connectivity index (χ0n) is 20.2. The summed E-state index contributed by atoms with van der Waals surface area (Å²) in [6, 6.07) is 7.54. The molecule has 1 fully saturated rings. The molecule has 0 amide bonds. The molecule has 33 heavy (non-hydrogen) atoms. The summed E-state index contributed by atoms with van der Waals surface area (Å²) < 4.78 is 17.6. The van der Waals surface area contributed by atoms with Crippen LogP contribution in [-0.2, 0) is 24.6 Å². The van der Waals surface area contributed by atoms with Crippen LogP contribution < -0.4 is 5.73 Å². The molecule has 0 bridgehead atoms. The van der Waals surface area contributed by atoms with Gasteiger partial charge in [0.25, 0.3) is 0 Å². The summed E-state index contributed by atoms with van der Waals surface area (Å²) in [5, 5.41) is 10.3. The van der Waals surface area contributed by atoms with Crippen molar-refractivity contribution in [3.05, 3.63) is 54.0 Å². The van der Waals surface area contributed by atoms with Crippen molar-refractivity contribution in [2.45, 2.75) is 52.4 Å². The number of aryl methyl sites for hydroxylation is 1. The third kappa shape index (κ3) is 5.67. The largest absolute Gasteiger partial charge is 0.459 e. The first-order valence-corrected chi connectivity index (χ1v) is 10.9. The Hall–Kier alpha value is -3.02. The van der Waals surface area contributed by atoms with Crippen molar-refractivity contribution in [2.75, 3.05) is 19.5 Å². The van der Waals surface area contributed by atoms with E-state index in [1.165, 1.54) is 19.6 Å². The van der Waals surface area contributed by atoms with Crippen LogP contribution in [-0.4, -0.2) is 41.9 Å². The molecule has 0 spiro atoms. The van der Waals surface area contributed by atoms with Gasteiger partial charge < -0.3 is 19.9 Å². The minimum absolute atomic E-state index is 0.0243. The van der Waals surface area contributed by atoms with Gasteiger partial charge in [-0.3, -0.25) is 4.79 Å². The van der Waals surface area contributed by atoms with Gasteiger partial charge in [-0.2, -0.15) is 5.26 Å². The van der Waals surface area contributed by atoms with Crippen molar-refractivity contribution in [2.24, 2.45) is 17.8 Å². The van der Waals surface area contributed by atoms with Gasteiger partial charge >= 0.3 is 5.97 Å². The average molecular weight is 455 g/mol. The van der Waals surface area contributed by atoms with Crippen LogP contribution in [0.1, 0.15) is 38.8 Å². The summed E-state index contributed by atoms with van der Waals surface area (Å²) in [4.78, 5) is 21.2. The van der Waals surface area contributed by atoms with E-state index in [-0.39, 0.29) is 18.5 Å². The monoisotopic (exact) mass is 454 g/mol. The van der Waals surface area contributed by atoms with E-state index in [2.05, 4.69) is 22.6 Å². The molecule has 0 radical (unpaired) electrons. The van der Waals surface area contributed by atoms with E-state index >= 15 is 0 Å². The summed E-state index contributed by atoms with van der Waals surface area (Å²) in [6.45, 7) is 13.5. The number of nitrogens with zero attached hydrogens (tertiary/aromatic N) is 3. The molecule has 0 unspecified atom stereocenters. The van der Waals surface area contributed by atoms with Crippen molar-refractivity contribution in [1.29, 1.82) is 5.26 Å². The van der Waals surface area contributed by atoms with E-state index in [9.17, 15) is 10.1 Å². The van der Waals surface area contributed by atoms with E-state index in [4.69, 9.17) is 19.9 Å². The summed E-state index contributed by atoms with van der Waals surface area (Å²) in [5.41, 5.74) is 6.55. The number of nitrogens with two attached hydrogens (primary N) is 1. The highest BCUT2D eigenvalue weighted by atomic mass is 16.6. The number of rotatable bonds is 7. The standard InChI is InChI=1S/C25H34N4O4/c1-15(2)21(16(3)4)24(30)32-22-18(6)25(13-26,33-20(22)12-31-7)19-9-8-17(5)23(27)29-14-28-11-10-19/h8-11,14,16,18,20-22H,1,12H2,2-7H3,(H2,27,28,29)/t18-,20-,21+,22+,25-/m1/s1. The minimum Gasteiger partial charge on any atom is -0.459 e. The number of esters is 1. The van der Waals surface area contributed by atoms with E-state index in [1.54, 1.807) is 18.2 Å². The molecule has 0 aliphatic carbocycles. The van der Waals surface area contributed by atoms with Gasteiger partial charge in [0.15, 0.2) is 5.60 Å². The molecule has 8 nitrogen and oxygen atoms in total. The Morgan fingerprint density at radius 1 is 1.39 bits per heavy atom. The fourth-order valence-electron chi connectivity index (χ4n) is 4.17. The number of anilines is 1. The summed E-state index contributed by atoms with van der Waals surface area (Å²) in [6.07, 6.45) is 1.54. The normalized spacial score (nSPS) is 25.1. The first-order valence-electron chi connectivity index (χ1n) is 10.9. The molecule has 1 aliphatic rings. The predicted octanol–water partition coefficient (Wildman–Crippen LogP) is 3.65. The molecular weight excluding hydrogens is 420 g/mol. The Morgan fingerprint density at radius 3 is 2.67 bits per heavy atom. The molecular formula is C25H34N4O4. The fourth-order valence-corrected chi connectivity index (χ4v) is 4.17. The molecule has 1 saturated heterocycles. The molecule has 5 atom stereocenters. The third-order valence-electron chi connectivity index (χ3n) is 5.99. The maximum Gasteiger partial charge on any atom is 0.313 e. The molecule has 8 heteroatoms. The molecule has 2 heterocycles. The quantitative estimate of drug-likeness (QED) is 0.489. The van der Waals surface area contributed by atoms with E-state index in [1.807, 2.05) is 34.6 Å². The number of hydrogen-bond acceptors (Lipinski definition) is 8. The highest BCUT2D eigenvalue weighted by molar-refractivity contribution is 5.76. The van der Waals surface area contributed by atoms with E-state index in [0.29, 0.717) is 16.9 Å². The third-order valence-corrected chi connectivity index (χ3v) is 5.99. The Labute approximate surface area is 196 Å². The van der Waals surface area contributed by atoms with Gasteiger partial charge in [0.1, 0.15) is 30.4 Å². The number of hydrogen-bond donors (Lipinski definition) is 1. The van der Waals surface area contributed by atoms with Crippen LogP contribution in [0.25, 0.3) is 0 Å². The highest BCUT2D eigenvalue weighted by Crippen LogP contribution is 2.45. The average Bonchev–Trinajstić information content (AvgIpc) is 3.01. The van der Waals surface area contributed by atoms with Gasteiger partial charge in [-0.25, -0.2) is 9.97 Å². The molecule has 1 aromatic rings. The smallest absolute Gasteiger partial charge is 0.313 e. The molecule has 178 valence electrons. The predicted molar refractivity (Wildman–Crippen MR) is 125 cm³/mol. The number of carbonyl (C=O) groups excluding carboxylic acids is 1. The first-order chi connectivity index (χ1) is 15.6. The maximum atomic E-state index is 13.1. The van der Waals surface area contributed by atoms with Crippen LogP contribution in [0.4, 0.5) is 5.82 Å². The maximum absolute atomic E-state index is 13.1. The summed E-state index contributed by atoms with van der Waals surface area (Å²) in [7, 11) is 1.54. The number of ether oxygens (including phenoxy) is 3. The van der Waals surface area contributed by atoms with Crippen molar-refractivity contribution in [3.8, 4) is 6.07 Å². The fraction of sp³-hybridized carbons (Fsp3) is 0.520. The van der Waals surface area contributed by atoms with Gasteiger partial charge in [-0.05, 0) is 31.4 Å². The SMILES string of the molecule is C=C(C)[C@H](C(=O)O[C@H]1[C@@H](C)[C@](C#N)(c2ccncnc(N)c(C)cc2)O[C@@H]1COC)C(C)C. The van der Waals surface area contributed by atoms with Crippen LogP contribution >= 0.6 is 0 Å². The zero-order valence-corrected chi connectivity index (χ0v) is 20.2. The Kier molecular flexibility index (Phi) is 8.91. The van der Waals surface area contributed by atoms with Crippen LogP contribution in [0, 0.1) is 36.0 Å². The molecule has 2 rings (SSSR count). The van der Waals surface area contributed by atoms with Crippen LogP contribution in [0.15, 0.2) is 42.9 Å². The van der Waals surface area contributed by atoms with Crippen molar-refractivity contribution < 1.29 is 19.0 Å². The molecule has 1 aromatic heterocycles. The lowest BCUT2D eigenvalue weighted by atomic mass is 9.82. The minimum atomic E-state index is -1.39. The van der Waals surface area contributed by atoms with Crippen LogP contribution in [0.3, 0.4) is 0 Å². The number of carbonyl (C=O) groups is 1. The van der Waals surface area contributed by atoms with Crippen molar-refractivity contribution >= 4 is 11.8 Å². The zero-order chi connectivity index (χ0) is 24.8. The number of nitriles is 1. The van der Waals surface area contributed by atoms with Gasteiger partial charge in [-0.1, -0.05) is 45.1 Å². The molecule has 1 aliphatic heterocycles. The highest BCUT2D eigenvalue weighted by Gasteiger charge is 2.56. The second kappa shape index (κ2) is 11.2. The number of aromatic nitrogens is 2. The second-order valence-corrected chi connectivity index (χ2v) is 8.78. The van der Waals surface area contributed by atoms with Crippen molar-refractivity contribution in [3.63, 3.8) is 0 Å². The van der Waals surface area contributed by atoms with Crippen LogP contribution in [0.5, 0.6) is 0 Å². The molecule has 0 aromatic carbocycles. The molecule has 2 N–H and O–H groups in total. The van der Waals surface area contributed by atoms with Crippen LogP contribution in [0.2, 0.25) is 0 Å². The Morgan fingerprint density at radius 2 is 2.09 bits per heavy atom. The Balaban J connectivity index is 2.55. The van der Waals surface area contributed by atoms with Gasteiger partial charge in [0.05, 0.1) is 12.5 Å². The summed E-state index contributed by atoms with van der Waals surface area (Å²) >= 11 is 0. The van der Waals surface area contributed by atoms with Gasteiger partial charge in [0, 0.05) is 24.8 Å². The Bertz CT molecular complexity index is 973. The second-order valence-electron chi connectivity index (χ2n) is 8.78. The number of nitrogen functional groups attached to an aromatic ring is 1. The van der Waals surface area contributed by atoms with Gasteiger partial charge in [0.2, 0.25) is 0 Å². The lowest BCUT2D eigenvalue weighted by molar-refractivity contribution is -0.159. The topological polar surface area (TPSA) is 120 Å². The van der Waals surface area contributed by atoms with Crippen molar-refractivity contribution in [1.82, 2.24) is 9.97 Å². The molecule has 0 saturated carbocycles. The van der Waals surface area contributed by atoms with E-state index < -0.39 is 29.6 Å². The lowest BCUT2D eigenvalue weighted by Gasteiger charge is -2.28. The van der Waals surface area contributed by atoms with Gasteiger partial charge in [-0.15, -0.1) is 0 Å². The lowest BCUT2D eigenvalue weighted by Crippen LogP contribution is -2.38. The number of methoxy groups -OCH3 is 1. The van der Waals surface area contributed by atoms with E-state index in [0.717, 1.165) is 5.57 Å². The first kappa shape index (κ1) is 26.2.